The maximum Gasteiger partial charge on any atom is 0.234 e. The Hall–Kier alpha value is -2.60. The monoisotopic (exact) mass is 382 g/mol. The Morgan fingerprint density at radius 1 is 1.43 bits per heavy atom. The molecule has 1 aliphatic heterocycles. The number of benzene rings is 1. The first-order valence-corrected chi connectivity index (χ1v) is 9.44. The summed E-state index contributed by atoms with van der Waals surface area (Å²) in [7, 11) is 1.80. The molecule has 28 heavy (non-hydrogen) atoms. The van der Waals surface area contributed by atoms with Crippen molar-refractivity contribution in [1.29, 1.82) is 5.26 Å². The molecule has 1 saturated heterocycles. The summed E-state index contributed by atoms with van der Waals surface area (Å²) in [6, 6.07) is 5.80. The first-order chi connectivity index (χ1) is 13.5. The number of carbonyl (C=O) groups excluding carboxylic acids is 1. The van der Waals surface area contributed by atoms with Gasteiger partial charge in [-0.2, -0.15) is 5.26 Å². The van der Waals surface area contributed by atoms with Crippen LogP contribution in [0.3, 0.4) is 0 Å². The number of aliphatic hydroxyl groups is 1. The summed E-state index contributed by atoms with van der Waals surface area (Å²) in [5.41, 5.74) is 1.88. The van der Waals surface area contributed by atoms with Crippen molar-refractivity contribution in [3.8, 4) is 6.07 Å². The van der Waals surface area contributed by atoms with Gasteiger partial charge in [0.1, 0.15) is 11.6 Å². The minimum absolute atomic E-state index is 0.00333. The molecular formula is C20H26N6O2. The molecule has 148 valence electrons. The van der Waals surface area contributed by atoms with Gasteiger partial charge in [-0.25, -0.2) is 0 Å². The van der Waals surface area contributed by atoms with Crippen molar-refractivity contribution >= 4 is 16.9 Å². The number of nitrogens with one attached hydrogen (secondary N) is 2. The molecule has 0 radical (unpaired) electrons. The molecule has 1 aromatic carbocycles. The minimum atomic E-state index is -0.642. The molecule has 2 atom stereocenters. The highest BCUT2D eigenvalue weighted by atomic mass is 16.3. The van der Waals surface area contributed by atoms with Crippen molar-refractivity contribution in [2.75, 3.05) is 39.8 Å². The molecule has 3 N–H and O–H groups in total. The molecule has 2 aromatic rings. The highest BCUT2D eigenvalue weighted by molar-refractivity contribution is 5.86. The van der Waals surface area contributed by atoms with Crippen LogP contribution in [0.1, 0.15) is 24.5 Å². The maximum atomic E-state index is 12.8. The Labute approximate surface area is 164 Å². The predicted octanol–water partition coefficient (Wildman–Crippen LogP) is 0.366. The summed E-state index contributed by atoms with van der Waals surface area (Å²) >= 11 is 0. The number of nitriles is 1. The highest BCUT2D eigenvalue weighted by Crippen LogP contribution is 2.35. The van der Waals surface area contributed by atoms with Crippen molar-refractivity contribution in [2.24, 2.45) is 5.92 Å². The van der Waals surface area contributed by atoms with Gasteiger partial charge in [0.15, 0.2) is 0 Å². The smallest absolute Gasteiger partial charge is 0.234 e. The van der Waals surface area contributed by atoms with E-state index in [9.17, 15) is 10.1 Å². The molecule has 1 fully saturated rings. The van der Waals surface area contributed by atoms with Crippen LogP contribution in [-0.4, -0.2) is 65.7 Å². The zero-order chi connectivity index (χ0) is 20.1. The lowest BCUT2D eigenvalue weighted by atomic mass is 9.78. The number of nitrogens with zero attached hydrogens (tertiary/aromatic N) is 4. The second-order valence-electron chi connectivity index (χ2n) is 7.56. The average molecular weight is 382 g/mol. The van der Waals surface area contributed by atoms with E-state index in [2.05, 4.69) is 33.6 Å². The number of likely N-dealkylation sites (N-methyl/N-ethyl adjacent to an activating group) is 1. The first kappa shape index (κ1) is 20.1. The van der Waals surface area contributed by atoms with Crippen molar-refractivity contribution in [1.82, 2.24) is 25.5 Å². The lowest BCUT2D eigenvalue weighted by Crippen LogP contribution is -2.58. The van der Waals surface area contributed by atoms with E-state index in [0.717, 1.165) is 18.5 Å². The van der Waals surface area contributed by atoms with E-state index in [-0.39, 0.29) is 19.1 Å². The van der Waals surface area contributed by atoms with Crippen LogP contribution >= 0.6 is 0 Å². The van der Waals surface area contributed by atoms with Crippen LogP contribution in [0.5, 0.6) is 0 Å². The Morgan fingerprint density at radius 3 is 2.86 bits per heavy atom. The number of piperidine rings is 1. The number of amides is 1. The lowest BCUT2D eigenvalue weighted by molar-refractivity contribution is -0.124. The van der Waals surface area contributed by atoms with Crippen LogP contribution in [0.2, 0.25) is 0 Å². The van der Waals surface area contributed by atoms with Crippen LogP contribution in [-0.2, 0) is 10.3 Å². The van der Waals surface area contributed by atoms with Crippen LogP contribution < -0.4 is 10.6 Å². The first-order valence-electron chi connectivity index (χ1n) is 9.44. The Bertz CT molecular complexity index is 896. The van der Waals surface area contributed by atoms with E-state index in [1.54, 1.807) is 30.4 Å². The number of hydrogen-bond donors (Lipinski definition) is 3. The van der Waals surface area contributed by atoms with E-state index < -0.39 is 5.54 Å². The van der Waals surface area contributed by atoms with E-state index in [0.29, 0.717) is 35.6 Å². The molecule has 8 nitrogen and oxygen atoms in total. The number of carbonyl (C=O) groups is 1. The summed E-state index contributed by atoms with van der Waals surface area (Å²) in [5.74, 6) is 0.236. The van der Waals surface area contributed by atoms with Crippen molar-refractivity contribution in [2.45, 2.75) is 18.9 Å². The van der Waals surface area contributed by atoms with Crippen molar-refractivity contribution in [3.05, 3.63) is 35.7 Å². The minimum Gasteiger partial charge on any atom is -0.395 e. The van der Waals surface area contributed by atoms with Gasteiger partial charge in [0.2, 0.25) is 5.91 Å². The summed E-state index contributed by atoms with van der Waals surface area (Å²) in [6.45, 7) is 4.22. The van der Waals surface area contributed by atoms with E-state index in [1.807, 2.05) is 6.07 Å². The third kappa shape index (κ3) is 4.12. The summed E-state index contributed by atoms with van der Waals surface area (Å²) in [5, 5.41) is 25.1. The summed E-state index contributed by atoms with van der Waals surface area (Å²) < 4.78 is 0. The molecule has 0 aliphatic carbocycles. The van der Waals surface area contributed by atoms with Crippen molar-refractivity contribution < 1.29 is 9.90 Å². The molecule has 3 rings (SSSR count). The molecular weight excluding hydrogens is 356 g/mol. The molecule has 1 amide bonds. The molecule has 0 unspecified atom stereocenters. The highest BCUT2D eigenvalue weighted by Gasteiger charge is 2.40. The van der Waals surface area contributed by atoms with E-state index in [4.69, 9.17) is 5.11 Å². The number of aromatic nitrogens is 2. The van der Waals surface area contributed by atoms with Gasteiger partial charge >= 0.3 is 0 Å². The van der Waals surface area contributed by atoms with E-state index in [1.165, 1.54) is 0 Å². The molecule has 2 heterocycles. The SMILES string of the molecule is C[C@@H]1CNC[C@](NC(=O)CN(C)CCO)(c2ccc(C#N)c3nccnc23)C1. The number of fused-ring (bicyclic) bond motifs is 1. The second-order valence-corrected chi connectivity index (χ2v) is 7.56. The fourth-order valence-corrected chi connectivity index (χ4v) is 3.97. The third-order valence-corrected chi connectivity index (χ3v) is 5.15. The number of aliphatic hydroxyl groups excluding tert-OH is 1. The average Bonchev–Trinajstić information content (AvgIpc) is 2.67. The Balaban J connectivity index is 2.03. The van der Waals surface area contributed by atoms with Gasteiger partial charge in [-0.3, -0.25) is 19.7 Å². The van der Waals surface area contributed by atoms with Crippen LogP contribution in [0, 0.1) is 17.2 Å². The summed E-state index contributed by atoms with van der Waals surface area (Å²) in [4.78, 5) is 23.4. The molecule has 0 saturated carbocycles. The van der Waals surface area contributed by atoms with Gasteiger partial charge < -0.3 is 15.7 Å². The molecule has 1 aromatic heterocycles. The molecule has 8 heteroatoms. The molecule has 0 bridgehead atoms. The van der Waals surface area contributed by atoms with Crippen LogP contribution in [0.4, 0.5) is 0 Å². The van der Waals surface area contributed by atoms with Gasteiger partial charge in [0.25, 0.3) is 0 Å². The topological polar surface area (TPSA) is 114 Å². The van der Waals surface area contributed by atoms with Gasteiger partial charge in [-0.15, -0.1) is 0 Å². The third-order valence-electron chi connectivity index (χ3n) is 5.15. The number of hydrogen-bond acceptors (Lipinski definition) is 7. The maximum absolute atomic E-state index is 12.8. The fraction of sp³-hybridized carbons (Fsp3) is 0.500. The van der Waals surface area contributed by atoms with E-state index >= 15 is 0 Å². The fourth-order valence-electron chi connectivity index (χ4n) is 3.97. The zero-order valence-electron chi connectivity index (χ0n) is 16.3. The molecule has 1 aliphatic rings. The summed E-state index contributed by atoms with van der Waals surface area (Å²) in [6.07, 6.45) is 3.94. The largest absolute Gasteiger partial charge is 0.395 e. The van der Waals surface area contributed by atoms with Gasteiger partial charge in [-0.1, -0.05) is 13.0 Å². The Kier molecular flexibility index (Phi) is 6.19. The van der Waals surface area contributed by atoms with Gasteiger partial charge in [0.05, 0.1) is 29.8 Å². The normalized spacial score (nSPS) is 22.2. The lowest BCUT2D eigenvalue weighted by Gasteiger charge is -2.42. The quantitative estimate of drug-likeness (QED) is 0.661. The predicted molar refractivity (Wildman–Crippen MR) is 105 cm³/mol. The molecule has 0 spiro atoms. The van der Waals surface area contributed by atoms with Crippen LogP contribution in [0.15, 0.2) is 24.5 Å². The van der Waals surface area contributed by atoms with Gasteiger partial charge in [0, 0.05) is 31.0 Å². The van der Waals surface area contributed by atoms with Gasteiger partial charge in [-0.05, 0) is 32.0 Å². The second kappa shape index (κ2) is 8.61. The van der Waals surface area contributed by atoms with Crippen molar-refractivity contribution in [3.63, 3.8) is 0 Å². The van der Waals surface area contributed by atoms with Crippen LogP contribution in [0.25, 0.3) is 11.0 Å². The zero-order valence-corrected chi connectivity index (χ0v) is 16.3. The Morgan fingerprint density at radius 2 is 2.18 bits per heavy atom. The number of rotatable bonds is 6. The standard InChI is InChI=1S/C20H26N6O2/c1-14-9-20(13-22-11-14,25-17(28)12-26(2)7-8-27)16-4-3-15(10-21)18-19(16)24-6-5-23-18/h3-6,14,22,27H,7-9,11-13H2,1-2H3,(H,25,28)/t14-,20-/m0/s1.